The van der Waals surface area contributed by atoms with Crippen LogP contribution in [0.4, 0.5) is 0 Å². The van der Waals surface area contributed by atoms with Crippen molar-refractivity contribution < 1.29 is 0 Å². The molecule has 0 fully saturated rings. The number of fused-ring (bicyclic) bond motifs is 16. The zero-order valence-corrected chi connectivity index (χ0v) is 33.9. The standard InChI is InChI=1S/C46H42S4/c1-11-22-18-27-28-19-31(44(2,3)4)48-41(28)37-24-15-13-17-26-35(24)34-23(36(37)40(27)47-22)14-12-16-25(34)38-39(26)43-30(21-33(50-43)46(8,9)10)29-20-32(45(5,6)7)49-42(29)38/h12-21H,11H2,1-10H3. The van der Waals surface area contributed by atoms with E-state index >= 15 is 0 Å². The van der Waals surface area contributed by atoms with E-state index in [1.807, 2.05) is 45.3 Å². The molecule has 0 aliphatic heterocycles. The lowest BCUT2D eigenvalue weighted by atomic mass is 9.84. The largest absolute Gasteiger partial charge is 0.140 e. The van der Waals surface area contributed by atoms with Gasteiger partial charge in [-0.3, -0.25) is 0 Å². The number of aryl methyl sites for hydroxylation is 1. The SMILES string of the molecule is CCc1cc2c3cc(C(C)(C)C)sc3c3c4cccc5c4c4c(cccc4c4c6sc(C(C)(C)C)cc6c6cc(C(C)(C)C)sc6c54)c3c2s1. The number of hydrogen-bond acceptors (Lipinski definition) is 4. The fourth-order valence-corrected chi connectivity index (χ4v) is 13.5. The Balaban J connectivity index is 1.54. The van der Waals surface area contributed by atoms with Crippen molar-refractivity contribution in [3.63, 3.8) is 0 Å². The molecule has 0 amide bonds. The summed E-state index contributed by atoms with van der Waals surface area (Å²) in [6.45, 7) is 23.6. The van der Waals surface area contributed by atoms with Gasteiger partial charge in [-0.25, -0.2) is 0 Å². The maximum atomic E-state index is 2.53. The molecule has 10 rings (SSSR count). The number of rotatable bonds is 1. The number of hydrogen-bond donors (Lipinski definition) is 0. The summed E-state index contributed by atoms with van der Waals surface area (Å²) in [7, 11) is 0. The van der Waals surface area contributed by atoms with E-state index in [4.69, 9.17) is 0 Å². The van der Waals surface area contributed by atoms with Crippen LogP contribution in [0, 0.1) is 0 Å². The minimum atomic E-state index is 0.0829. The van der Waals surface area contributed by atoms with Gasteiger partial charge >= 0.3 is 0 Å². The normalized spacial score (nSPS) is 13.9. The van der Waals surface area contributed by atoms with Crippen LogP contribution in [0.15, 0.2) is 60.7 Å². The quantitative estimate of drug-likeness (QED) is 0.117. The Morgan fingerprint density at radius 3 is 0.980 bits per heavy atom. The molecule has 0 aliphatic carbocycles. The predicted octanol–water partition coefficient (Wildman–Crippen LogP) is 16.2. The molecule has 0 radical (unpaired) electrons. The summed E-state index contributed by atoms with van der Waals surface area (Å²) in [5, 5.41) is 20.0. The van der Waals surface area contributed by atoms with Crippen LogP contribution < -0.4 is 0 Å². The van der Waals surface area contributed by atoms with Crippen LogP contribution in [0.5, 0.6) is 0 Å². The summed E-state index contributed by atoms with van der Waals surface area (Å²) in [4.78, 5) is 5.85. The van der Waals surface area contributed by atoms with Crippen molar-refractivity contribution in [1.82, 2.24) is 0 Å². The van der Waals surface area contributed by atoms with Gasteiger partial charge in [0.1, 0.15) is 0 Å². The van der Waals surface area contributed by atoms with Gasteiger partial charge in [-0.15, -0.1) is 45.3 Å². The van der Waals surface area contributed by atoms with E-state index in [9.17, 15) is 0 Å². The highest BCUT2D eigenvalue weighted by Crippen LogP contribution is 2.56. The van der Waals surface area contributed by atoms with E-state index in [0.29, 0.717) is 0 Å². The smallest absolute Gasteiger partial charge is 0.0437 e. The molecule has 0 spiro atoms. The Labute approximate surface area is 309 Å². The minimum Gasteiger partial charge on any atom is -0.140 e. The average molecular weight is 723 g/mol. The maximum Gasteiger partial charge on any atom is 0.0437 e. The lowest BCUT2D eigenvalue weighted by Gasteiger charge is -2.19. The van der Waals surface area contributed by atoms with E-state index in [-0.39, 0.29) is 16.2 Å². The molecule has 0 atom stereocenters. The van der Waals surface area contributed by atoms with E-state index in [0.717, 1.165) is 6.42 Å². The molecule has 0 saturated carbocycles. The molecule has 50 heavy (non-hydrogen) atoms. The summed E-state index contributed by atoms with van der Waals surface area (Å²) in [5.41, 5.74) is 0.259. The molecular weight excluding hydrogens is 681 g/mol. The Bertz CT molecular complexity index is 3060. The molecule has 0 nitrogen and oxygen atoms in total. The summed E-state index contributed by atoms with van der Waals surface area (Å²) in [5.74, 6) is 0. The molecule has 4 heteroatoms. The highest BCUT2D eigenvalue weighted by molar-refractivity contribution is 7.24. The fraction of sp³-hybridized carbons (Fsp3) is 0.304. The van der Waals surface area contributed by atoms with Gasteiger partial charge in [-0.05, 0) is 79.2 Å². The van der Waals surface area contributed by atoms with Gasteiger partial charge in [0, 0.05) is 81.4 Å². The second kappa shape index (κ2) is 9.98. The topological polar surface area (TPSA) is 0 Å². The van der Waals surface area contributed by atoms with Gasteiger partial charge in [0.2, 0.25) is 0 Å². The van der Waals surface area contributed by atoms with E-state index in [2.05, 4.69) is 130 Å². The Kier molecular flexibility index (Phi) is 6.28. The van der Waals surface area contributed by atoms with Crippen LogP contribution in [-0.4, -0.2) is 0 Å². The van der Waals surface area contributed by atoms with Crippen LogP contribution in [0.3, 0.4) is 0 Å². The zero-order valence-electron chi connectivity index (χ0n) is 30.6. The Hall–Kier alpha value is -3.28. The van der Waals surface area contributed by atoms with Crippen LogP contribution in [0.1, 0.15) is 88.7 Å². The first-order chi connectivity index (χ1) is 23.6. The van der Waals surface area contributed by atoms with Crippen LogP contribution >= 0.6 is 45.3 Å². The number of thiophene rings is 4. The van der Waals surface area contributed by atoms with Crippen molar-refractivity contribution in [1.29, 1.82) is 0 Å². The van der Waals surface area contributed by atoms with Gasteiger partial charge in [0.15, 0.2) is 0 Å². The predicted molar refractivity (Wildman–Crippen MR) is 232 cm³/mol. The summed E-state index contributed by atoms with van der Waals surface area (Å²) in [6, 6.07) is 24.5. The van der Waals surface area contributed by atoms with Crippen molar-refractivity contribution in [2.45, 2.75) is 91.9 Å². The van der Waals surface area contributed by atoms with Gasteiger partial charge in [-0.2, -0.15) is 0 Å². The molecule has 6 aromatic carbocycles. The molecule has 0 N–H and O–H groups in total. The monoisotopic (exact) mass is 722 g/mol. The van der Waals surface area contributed by atoms with Crippen LogP contribution in [0.25, 0.3) is 94.2 Å². The molecule has 0 saturated heterocycles. The fourth-order valence-electron chi connectivity index (χ4n) is 8.40. The van der Waals surface area contributed by atoms with Crippen molar-refractivity contribution in [3.8, 4) is 0 Å². The van der Waals surface area contributed by atoms with Crippen molar-refractivity contribution in [2.75, 3.05) is 0 Å². The van der Waals surface area contributed by atoms with Crippen LogP contribution in [-0.2, 0) is 22.7 Å². The Morgan fingerprint density at radius 2 is 0.680 bits per heavy atom. The third kappa shape index (κ3) is 4.08. The van der Waals surface area contributed by atoms with Crippen molar-refractivity contribution >= 4 is 140 Å². The minimum absolute atomic E-state index is 0.0829. The van der Waals surface area contributed by atoms with E-state index in [1.54, 1.807) is 0 Å². The molecule has 4 aromatic heterocycles. The van der Waals surface area contributed by atoms with Crippen LogP contribution in [0.2, 0.25) is 0 Å². The summed E-state index contributed by atoms with van der Waals surface area (Å²) < 4.78 is 5.80. The first kappa shape index (κ1) is 31.5. The zero-order chi connectivity index (χ0) is 34.8. The Morgan fingerprint density at radius 1 is 0.380 bits per heavy atom. The first-order valence-electron chi connectivity index (χ1n) is 18.0. The van der Waals surface area contributed by atoms with Crippen molar-refractivity contribution in [2.24, 2.45) is 0 Å². The van der Waals surface area contributed by atoms with Gasteiger partial charge in [0.25, 0.3) is 0 Å². The lowest BCUT2D eigenvalue weighted by molar-refractivity contribution is 0.604. The van der Waals surface area contributed by atoms with Gasteiger partial charge in [-0.1, -0.05) is 106 Å². The van der Waals surface area contributed by atoms with Gasteiger partial charge in [0.05, 0.1) is 0 Å². The lowest BCUT2D eigenvalue weighted by Crippen LogP contribution is -2.07. The molecule has 0 bridgehead atoms. The summed E-state index contributed by atoms with van der Waals surface area (Å²) in [6.07, 6.45) is 1.06. The van der Waals surface area contributed by atoms with Gasteiger partial charge < -0.3 is 0 Å². The first-order valence-corrected chi connectivity index (χ1v) is 21.3. The second-order valence-electron chi connectivity index (χ2n) is 17.6. The highest BCUT2D eigenvalue weighted by atomic mass is 32.1. The third-order valence-electron chi connectivity index (χ3n) is 11.0. The number of benzene rings is 6. The van der Waals surface area contributed by atoms with E-state index < -0.39 is 0 Å². The third-order valence-corrected chi connectivity index (χ3v) is 17.0. The summed E-state index contributed by atoms with van der Waals surface area (Å²) >= 11 is 8.10. The molecule has 4 heterocycles. The molecule has 250 valence electrons. The average Bonchev–Trinajstić information content (AvgIpc) is 3.85. The molecule has 0 aliphatic rings. The van der Waals surface area contributed by atoms with E-state index in [1.165, 1.54) is 114 Å². The maximum absolute atomic E-state index is 2.53. The molecule has 10 aromatic rings. The molecule has 0 unspecified atom stereocenters. The highest BCUT2D eigenvalue weighted by Gasteiger charge is 2.29. The molecular formula is C46H42S4. The second-order valence-corrected chi connectivity index (χ2v) is 21.9. The van der Waals surface area contributed by atoms with Crippen molar-refractivity contribution in [3.05, 3.63) is 80.2 Å².